The number of nitrogens with zero attached hydrogens (tertiary/aromatic N) is 2. The van der Waals surface area contributed by atoms with E-state index in [2.05, 4.69) is 9.97 Å². The molecule has 0 saturated carbocycles. The molecule has 0 saturated heterocycles. The average Bonchev–Trinajstić information content (AvgIpc) is 3.23. The molecule has 0 bridgehead atoms. The number of hydrogen-bond donors (Lipinski definition) is 1. The summed E-state index contributed by atoms with van der Waals surface area (Å²) >= 11 is 0. The molecule has 0 fully saturated rings. The number of carbonyl (C=O) groups is 2. The van der Waals surface area contributed by atoms with Crippen molar-refractivity contribution in [1.29, 1.82) is 0 Å². The lowest BCUT2D eigenvalue weighted by Crippen LogP contribution is -2.67. The van der Waals surface area contributed by atoms with Crippen LogP contribution in [0.3, 0.4) is 0 Å². The van der Waals surface area contributed by atoms with E-state index in [1.807, 2.05) is 74.5 Å². The van der Waals surface area contributed by atoms with Gasteiger partial charge in [-0.15, -0.1) is 0 Å². The summed E-state index contributed by atoms with van der Waals surface area (Å²) in [4.78, 5) is 34.5. The van der Waals surface area contributed by atoms with Crippen molar-refractivity contribution in [2.24, 2.45) is 0 Å². The fourth-order valence-corrected chi connectivity index (χ4v) is 4.45. The minimum Gasteiger partial charge on any atom is -0.348 e. The van der Waals surface area contributed by atoms with Gasteiger partial charge in [0.05, 0.1) is 13.3 Å². The smallest absolute Gasteiger partial charge is 0.321 e. The SMILES string of the molecule is CCCC(C)(C(=O)Cc1ncc[nH]1)[N+](C(C)=O)(c1ccccc1)c1ccccc1. The van der Waals surface area contributed by atoms with Crippen molar-refractivity contribution in [3.63, 3.8) is 0 Å². The molecule has 2 aromatic carbocycles. The molecule has 5 heteroatoms. The van der Waals surface area contributed by atoms with Gasteiger partial charge in [-0.3, -0.25) is 4.79 Å². The molecule has 0 radical (unpaired) electrons. The fourth-order valence-electron chi connectivity index (χ4n) is 4.45. The van der Waals surface area contributed by atoms with E-state index in [0.717, 1.165) is 17.8 Å². The van der Waals surface area contributed by atoms with Crippen LogP contribution in [0.2, 0.25) is 0 Å². The summed E-state index contributed by atoms with van der Waals surface area (Å²) < 4.78 is -0.151. The maximum absolute atomic E-state index is 13.8. The number of para-hydroxylation sites is 2. The van der Waals surface area contributed by atoms with Gasteiger partial charge in [-0.05, 0) is 13.3 Å². The van der Waals surface area contributed by atoms with E-state index in [-0.39, 0.29) is 22.6 Å². The van der Waals surface area contributed by atoms with E-state index >= 15 is 0 Å². The van der Waals surface area contributed by atoms with Crippen molar-refractivity contribution in [3.05, 3.63) is 78.9 Å². The molecule has 1 aromatic heterocycles. The summed E-state index contributed by atoms with van der Waals surface area (Å²) in [6, 6.07) is 19.2. The molecule has 0 aliphatic rings. The normalized spacial score (nSPS) is 13.6. The summed E-state index contributed by atoms with van der Waals surface area (Å²) in [5.74, 6) is 0.503. The van der Waals surface area contributed by atoms with Gasteiger partial charge >= 0.3 is 5.91 Å². The van der Waals surface area contributed by atoms with Gasteiger partial charge in [0.2, 0.25) is 5.78 Å². The number of rotatable bonds is 8. The van der Waals surface area contributed by atoms with E-state index in [4.69, 9.17) is 0 Å². The number of ketones is 1. The maximum Gasteiger partial charge on any atom is 0.321 e. The molecule has 1 amide bonds. The second kappa shape index (κ2) is 8.53. The zero-order valence-electron chi connectivity index (χ0n) is 17.3. The maximum atomic E-state index is 13.8. The number of aromatic nitrogens is 2. The van der Waals surface area contributed by atoms with Gasteiger partial charge in [0.15, 0.2) is 5.54 Å². The van der Waals surface area contributed by atoms with Crippen LogP contribution in [0.5, 0.6) is 0 Å². The predicted octanol–water partition coefficient (Wildman–Crippen LogP) is 4.97. The number of hydrogen-bond acceptors (Lipinski definition) is 3. The second-order valence-electron chi connectivity index (χ2n) is 7.52. The van der Waals surface area contributed by atoms with Crippen LogP contribution in [0.15, 0.2) is 73.1 Å². The summed E-state index contributed by atoms with van der Waals surface area (Å²) in [5, 5.41) is 0. The van der Waals surface area contributed by atoms with E-state index < -0.39 is 5.54 Å². The van der Waals surface area contributed by atoms with Gasteiger partial charge in [-0.1, -0.05) is 43.3 Å². The first-order valence-corrected chi connectivity index (χ1v) is 10.00. The van der Waals surface area contributed by atoms with Crippen LogP contribution in [-0.2, 0) is 16.0 Å². The van der Waals surface area contributed by atoms with Crippen LogP contribution >= 0.6 is 0 Å². The van der Waals surface area contributed by atoms with Crippen molar-refractivity contribution in [2.75, 3.05) is 0 Å². The molecule has 0 aliphatic heterocycles. The van der Waals surface area contributed by atoms with E-state index in [1.54, 1.807) is 19.3 Å². The Labute approximate surface area is 172 Å². The highest BCUT2D eigenvalue weighted by atomic mass is 16.2. The molecular weight excluding hydrogens is 362 g/mol. The van der Waals surface area contributed by atoms with Gasteiger partial charge in [0.1, 0.15) is 17.2 Å². The summed E-state index contributed by atoms with van der Waals surface area (Å²) in [5.41, 5.74) is 0.584. The highest BCUT2D eigenvalue weighted by molar-refractivity contribution is 6.04. The van der Waals surface area contributed by atoms with Crippen LogP contribution in [0.25, 0.3) is 0 Å². The molecule has 29 heavy (non-hydrogen) atoms. The molecule has 5 nitrogen and oxygen atoms in total. The van der Waals surface area contributed by atoms with Gasteiger partial charge in [0, 0.05) is 43.1 Å². The topological polar surface area (TPSA) is 62.8 Å². The van der Waals surface area contributed by atoms with Crippen molar-refractivity contribution in [3.8, 4) is 0 Å². The predicted molar refractivity (Wildman–Crippen MR) is 116 cm³/mol. The molecule has 3 rings (SSSR count). The van der Waals surface area contributed by atoms with Crippen molar-refractivity contribution in [2.45, 2.75) is 45.6 Å². The Morgan fingerprint density at radius 2 is 1.55 bits per heavy atom. The number of aromatic amines is 1. The van der Waals surface area contributed by atoms with Crippen LogP contribution in [0.1, 0.15) is 39.4 Å². The Hall–Kier alpha value is -3.05. The Kier molecular flexibility index (Phi) is 6.09. The zero-order chi connectivity index (χ0) is 20.9. The molecule has 1 unspecified atom stereocenters. The molecule has 150 valence electrons. The first kappa shape index (κ1) is 20.7. The van der Waals surface area contributed by atoms with E-state index in [1.165, 1.54) is 0 Å². The van der Waals surface area contributed by atoms with Gasteiger partial charge in [-0.2, -0.15) is 4.48 Å². The third-order valence-corrected chi connectivity index (χ3v) is 5.72. The minimum atomic E-state index is -0.990. The lowest BCUT2D eigenvalue weighted by molar-refractivity contribution is -0.139. The number of imidazole rings is 1. The Morgan fingerprint density at radius 3 is 1.97 bits per heavy atom. The molecule has 0 spiro atoms. The number of quaternary nitrogens is 1. The molecule has 3 aromatic rings. The molecule has 1 heterocycles. The number of Topliss-reactive ketones (excluding diaryl/α,β-unsaturated/α-hetero) is 1. The lowest BCUT2D eigenvalue weighted by Gasteiger charge is -2.47. The highest BCUT2D eigenvalue weighted by Crippen LogP contribution is 2.45. The number of amides is 1. The quantitative estimate of drug-likeness (QED) is 0.553. The monoisotopic (exact) mass is 390 g/mol. The van der Waals surface area contributed by atoms with Crippen molar-refractivity contribution < 1.29 is 9.59 Å². The molecule has 0 aliphatic carbocycles. The van der Waals surface area contributed by atoms with Crippen LogP contribution in [-0.4, -0.2) is 27.2 Å². The number of benzene rings is 2. The lowest BCUT2D eigenvalue weighted by atomic mass is 9.82. The third kappa shape index (κ3) is 3.54. The number of nitrogens with one attached hydrogen (secondary N) is 1. The van der Waals surface area contributed by atoms with Crippen LogP contribution in [0, 0.1) is 0 Å². The third-order valence-electron chi connectivity index (χ3n) is 5.72. The van der Waals surface area contributed by atoms with Crippen LogP contribution < -0.4 is 4.48 Å². The Bertz CT molecular complexity index is 913. The van der Waals surface area contributed by atoms with Crippen molar-refractivity contribution >= 4 is 23.1 Å². The molecule has 1 N–H and O–H groups in total. The highest BCUT2D eigenvalue weighted by Gasteiger charge is 2.58. The first-order valence-electron chi connectivity index (χ1n) is 10.00. The summed E-state index contributed by atoms with van der Waals surface area (Å²) in [6.45, 7) is 5.54. The van der Waals surface area contributed by atoms with Gasteiger partial charge in [-0.25, -0.2) is 9.78 Å². The van der Waals surface area contributed by atoms with Gasteiger partial charge < -0.3 is 4.98 Å². The summed E-state index contributed by atoms with van der Waals surface area (Å²) in [7, 11) is 0. The first-order chi connectivity index (χ1) is 14.0. The van der Waals surface area contributed by atoms with Crippen molar-refractivity contribution in [1.82, 2.24) is 14.5 Å². The average molecular weight is 391 g/mol. The molecular formula is C24H28N3O2+. The number of carbonyl (C=O) groups excluding carboxylic acids is 2. The minimum absolute atomic E-state index is 0.0165. The Morgan fingerprint density at radius 1 is 1.00 bits per heavy atom. The number of H-pyrrole nitrogens is 1. The fraction of sp³-hybridized carbons (Fsp3) is 0.292. The van der Waals surface area contributed by atoms with Crippen LogP contribution in [0.4, 0.5) is 11.4 Å². The second-order valence-corrected chi connectivity index (χ2v) is 7.52. The van der Waals surface area contributed by atoms with E-state index in [0.29, 0.717) is 12.2 Å². The van der Waals surface area contributed by atoms with E-state index in [9.17, 15) is 9.59 Å². The summed E-state index contributed by atoms with van der Waals surface area (Å²) in [6.07, 6.45) is 4.84. The Balaban J connectivity index is 2.29. The zero-order valence-corrected chi connectivity index (χ0v) is 17.3. The standard InChI is InChI=1S/C24H28N3O2/c1-4-15-24(3,22(29)18-23-25-16-17-26-23)27(19(2)28,20-11-7-5-8-12-20)21-13-9-6-10-14-21/h5-14,16-17H,4,15,18H2,1-3H3,(H,25,26)/q+1. The van der Waals surface area contributed by atoms with Gasteiger partial charge in [0.25, 0.3) is 0 Å². The largest absolute Gasteiger partial charge is 0.348 e. The molecule has 1 atom stereocenters.